The Bertz CT molecular complexity index is 994. The zero-order valence-electron chi connectivity index (χ0n) is 18.8. The molecule has 1 unspecified atom stereocenters. The van der Waals surface area contributed by atoms with Crippen LogP contribution in [0.3, 0.4) is 0 Å². The molecule has 170 valence electrons. The third-order valence-electron chi connectivity index (χ3n) is 7.53. The van der Waals surface area contributed by atoms with Crippen LogP contribution in [0.5, 0.6) is 0 Å². The van der Waals surface area contributed by atoms with Gasteiger partial charge in [0.05, 0.1) is 12.1 Å². The monoisotopic (exact) mass is 436 g/mol. The summed E-state index contributed by atoms with van der Waals surface area (Å²) in [5.41, 5.74) is 2.56. The van der Waals surface area contributed by atoms with Gasteiger partial charge >= 0.3 is 6.09 Å². The number of likely N-dealkylation sites (tertiary alicyclic amines) is 1. The lowest BCUT2D eigenvalue weighted by Crippen LogP contribution is -2.51. The minimum Gasteiger partial charge on any atom is -0.450 e. The summed E-state index contributed by atoms with van der Waals surface area (Å²) >= 11 is 0. The molecule has 1 aromatic heterocycles. The van der Waals surface area contributed by atoms with E-state index in [-0.39, 0.29) is 17.4 Å². The predicted octanol–water partition coefficient (Wildman–Crippen LogP) is 3.14. The summed E-state index contributed by atoms with van der Waals surface area (Å²) < 4.78 is 5.08. The topological polar surface area (TPSA) is 66.0 Å². The fraction of sp³-hybridized carbons (Fsp3) is 0.560. The summed E-state index contributed by atoms with van der Waals surface area (Å²) in [4.78, 5) is 35.6. The van der Waals surface area contributed by atoms with Crippen LogP contribution in [0.25, 0.3) is 10.9 Å². The highest BCUT2D eigenvalue weighted by Gasteiger charge is 2.59. The van der Waals surface area contributed by atoms with Crippen molar-refractivity contribution in [3.63, 3.8) is 0 Å². The molecule has 3 fully saturated rings. The van der Waals surface area contributed by atoms with Gasteiger partial charge in [0.15, 0.2) is 0 Å². The van der Waals surface area contributed by atoms with E-state index in [1.165, 1.54) is 10.9 Å². The highest BCUT2D eigenvalue weighted by Crippen LogP contribution is 2.60. The maximum Gasteiger partial charge on any atom is 0.409 e. The molecule has 0 N–H and O–H groups in total. The molecular weight excluding hydrogens is 404 g/mol. The van der Waals surface area contributed by atoms with E-state index in [1.807, 2.05) is 24.1 Å². The molecule has 1 aromatic carbocycles. The summed E-state index contributed by atoms with van der Waals surface area (Å²) in [5.74, 6) is 0.464. The first-order valence-electron chi connectivity index (χ1n) is 11.8. The van der Waals surface area contributed by atoms with Crippen LogP contribution < -0.4 is 0 Å². The normalized spacial score (nSPS) is 22.8. The predicted molar refractivity (Wildman–Crippen MR) is 122 cm³/mol. The standard InChI is InChI=1S/C25H32N4O3/c1-2-32-24(31)29-14-12-28(13-15-29)23(30)21-17-25(21)7-10-27(11-8-25)18-19-5-6-20-4-3-9-26-22(20)16-19/h3-6,9,16,21H,2,7-8,10-15,17-18H2,1H3. The molecule has 7 heteroatoms. The van der Waals surface area contributed by atoms with E-state index < -0.39 is 0 Å². The third-order valence-corrected chi connectivity index (χ3v) is 7.53. The lowest BCUT2D eigenvalue weighted by Gasteiger charge is -2.36. The van der Waals surface area contributed by atoms with Gasteiger partial charge < -0.3 is 14.5 Å². The molecule has 2 amide bonds. The maximum absolute atomic E-state index is 13.1. The van der Waals surface area contributed by atoms with Crippen molar-refractivity contribution >= 4 is 22.9 Å². The molecule has 2 aliphatic heterocycles. The fourth-order valence-electron chi connectivity index (χ4n) is 5.42. The maximum atomic E-state index is 13.1. The Hall–Kier alpha value is -2.67. The molecular formula is C25H32N4O3. The lowest BCUT2D eigenvalue weighted by molar-refractivity contribution is -0.135. The van der Waals surface area contributed by atoms with Crippen LogP contribution in [0.4, 0.5) is 4.79 Å². The largest absolute Gasteiger partial charge is 0.450 e. The molecule has 0 bridgehead atoms. The van der Waals surface area contributed by atoms with Crippen molar-refractivity contribution in [2.45, 2.75) is 32.7 Å². The van der Waals surface area contributed by atoms with Crippen molar-refractivity contribution in [1.29, 1.82) is 0 Å². The van der Waals surface area contributed by atoms with Gasteiger partial charge in [0.1, 0.15) is 0 Å². The molecule has 2 aromatic rings. The van der Waals surface area contributed by atoms with Gasteiger partial charge in [0, 0.05) is 50.2 Å². The Kier molecular flexibility index (Phi) is 5.76. The molecule has 1 spiro atoms. The van der Waals surface area contributed by atoms with Gasteiger partial charge in [-0.2, -0.15) is 0 Å². The number of benzene rings is 1. The van der Waals surface area contributed by atoms with Crippen LogP contribution in [-0.2, 0) is 16.1 Å². The number of hydrogen-bond acceptors (Lipinski definition) is 5. The molecule has 2 saturated heterocycles. The smallest absolute Gasteiger partial charge is 0.409 e. The van der Waals surface area contributed by atoms with Gasteiger partial charge in [-0.25, -0.2) is 4.79 Å². The highest BCUT2D eigenvalue weighted by atomic mass is 16.6. The molecule has 7 nitrogen and oxygen atoms in total. The van der Waals surface area contributed by atoms with Crippen LogP contribution in [-0.4, -0.2) is 77.6 Å². The fourth-order valence-corrected chi connectivity index (χ4v) is 5.42. The van der Waals surface area contributed by atoms with E-state index in [9.17, 15) is 9.59 Å². The number of piperidine rings is 1. The Morgan fingerprint density at radius 2 is 1.81 bits per heavy atom. The van der Waals surface area contributed by atoms with Gasteiger partial charge in [-0.3, -0.25) is 14.7 Å². The molecule has 1 saturated carbocycles. The van der Waals surface area contributed by atoms with E-state index in [0.717, 1.165) is 44.4 Å². The molecule has 1 aliphatic carbocycles. The molecule has 0 radical (unpaired) electrons. The number of pyridine rings is 1. The lowest BCUT2D eigenvalue weighted by atomic mass is 9.90. The van der Waals surface area contributed by atoms with Gasteiger partial charge in [-0.1, -0.05) is 18.2 Å². The SMILES string of the molecule is CCOC(=O)N1CCN(C(=O)C2CC23CCN(Cc2ccc4cccnc4c2)CC3)CC1. The average molecular weight is 437 g/mol. The van der Waals surface area contributed by atoms with Crippen LogP contribution in [0.1, 0.15) is 31.7 Å². The Morgan fingerprint density at radius 1 is 1.06 bits per heavy atom. The number of piperazine rings is 1. The number of rotatable bonds is 4. The number of fused-ring (bicyclic) bond motifs is 1. The van der Waals surface area contributed by atoms with E-state index in [2.05, 4.69) is 34.1 Å². The summed E-state index contributed by atoms with van der Waals surface area (Å²) in [5, 5.41) is 1.18. The zero-order chi connectivity index (χ0) is 22.1. The minimum atomic E-state index is -0.267. The number of nitrogens with zero attached hydrogens (tertiary/aromatic N) is 4. The van der Waals surface area contributed by atoms with E-state index in [4.69, 9.17) is 4.74 Å². The van der Waals surface area contributed by atoms with Crippen molar-refractivity contribution in [3.05, 3.63) is 42.1 Å². The molecule has 32 heavy (non-hydrogen) atoms. The van der Waals surface area contributed by atoms with Crippen LogP contribution in [0.2, 0.25) is 0 Å². The summed E-state index contributed by atoms with van der Waals surface area (Å²) in [7, 11) is 0. The zero-order valence-corrected chi connectivity index (χ0v) is 18.8. The number of ether oxygens (including phenoxy) is 1. The third kappa shape index (κ3) is 4.18. The van der Waals surface area contributed by atoms with E-state index in [1.54, 1.807) is 4.90 Å². The van der Waals surface area contributed by atoms with Crippen molar-refractivity contribution in [3.8, 4) is 0 Å². The van der Waals surface area contributed by atoms with E-state index in [0.29, 0.717) is 38.7 Å². The number of carbonyl (C=O) groups is 2. The van der Waals surface area contributed by atoms with Gasteiger partial charge in [-0.05, 0) is 62.4 Å². The second-order valence-electron chi connectivity index (χ2n) is 9.44. The molecule has 3 heterocycles. The second-order valence-corrected chi connectivity index (χ2v) is 9.44. The number of hydrogen-bond donors (Lipinski definition) is 0. The van der Waals surface area contributed by atoms with Gasteiger partial charge in [-0.15, -0.1) is 0 Å². The summed E-state index contributed by atoms with van der Waals surface area (Å²) in [6.07, 6.45) is 4.79. The first kappa shape index (κ1) is 21.2. The Balaban J connectivity index is 1.11. The summed E-state index contributed by atoms with van der Waals surface area (Å²) in [6.45, 7) is 7.60. The first-order valence-corrected chi connectivity index (χ1v) is 11.8. The summed E-state index contributed by atoms with van der Waals surface area (Å²) in [6, 6.07) is 10.6. The molecule has 1 atom stereocenters. The van der Waals surface area contributed by atoms with Gasteiger partial charge in [0.25, 0.3) is 0 Å². The molecule has 3 aliphatic rings. The number of amides is 2. The number of aromatic nitrogens is 1. The first-order chi connectivity index (χ1) is 15.6. The molecule has 5 rings (SSSR count). The Morgan fingerprint density at radius 3 is 2.56 bits per heavy atom. The van der Waals surface area contributed by atoms with Crippen molar-refractivity contribution in [2.24, 2.45) is 11.3 Å². The average Bonchev–Trinajstić information content (AvgIpc) is 3.53. The van der Waals surface area contributed by atoms with Crippen LogP contribution in [0, 0.1) is 11.3 Å². The van der Waals surface area contributed by atoms with E-state index >= 15 is 0 Å². The van der Waals surface area contributed by atoms with Crippen molar-refractivity contribution < 1.29 is 14.3 Å². The second kappa shape index (κ2) is 8.70. The van der Waals surface area contributed by atoms with Crippen molar-refractivity contribution in [2.75, 3.05) is 45.9 Å². The number of carbonyl (C=O) groups excluding carboxylic acids is 2. The Labute approximate surface area is 189 Å². The van der Waals surface area contributed by atoms with Crippen LogP contribution in [0.15, 0.2) is 36.5 Å². The van der Waals surface area contributed by atoms with Crippen LogP contribution >= 0.6 is 0 Å². The minimum absolute atomic E-state index is 0.170. The quantitative estimate of drug-likeness (QED) is 0.737. The highest BCUT2D eigenvalue weighted by molar-refractivity contribution is 5.83. The van der Waals surface area contributed by atoms with Gasteiger partial charge in [0.2, 0.25) is 5.91 Å². The van der Waals surface area contributed by atoms with Crippen molar-refractivity contribution in [1.82, 2.24) is 19.7 Å².